The first-order valence-corrected chi connectivity index (χ1v) is 6.80. The molecule has 0 unspecified atom stereocenters. The van der Waals surface area contributed by atoms with Gasteiger partial charge in [-0.3, -0.25) is 21.3 Å². The molecule has 0 saturated heterocycles. The van der Waals surface area contributed by atoms with E-state index in [1.807, 2.05) is 30.5 Å². The Morgan fingerprint density at radius 1 is 1.20 bits per heavy atom. The van der Waals surface area contributed by atoms with E-state index in [0.717, 1.165) is 22.7 Å². The number of hydrogen-bond donors (Lipinski definition) is 2. The number of aromatic nitrogens is 1. The molecule has 25 heavy (non-hydrogen) atoms. The zero-order valence-corrected chi connectivity index (χ0v) is 14.0. The number of fused-ring (bicyclic) bond motifs is 1. The van der Waals surface area contributed by atoms with Crippen LogP contribution in [0, 0.1) is 24.7 Å². The van der Waals surface area contributed by atoms with Crippen molar-refractivity contribution >= 4 is 23.0 Å². The number of nitriles is 1. The van der Waals surface area contributed by atoms with Crippen molar-refractivity contribution in [3.8, 4) is 6.07 Å². The van der Waals surface area contributed by atoms with Gasteiger partial charge in [0, 0.05) is 11.7 Å². The fourth-order valence-electron chi connectivity index (χ4n) is 2.01. The van der Waals surface area contributed by atoms with E-state index in [0.29, 0.717) is 0 Å². The molecule has 0 aliphatic heterocycles. The van der Waals surface area contributed by atoms with Crippen molar-refractivity contribution in [2.75, 3.05) is 5.32 Å². The molecule has 0 aliphatic rings. The third-order valence-corrected chi connectivity index (χ3v) is 3.19. The Kier molecular flexibility index (Phi) is 7.54. The second kappa shape index (κ2) is 9.38. The van der Waals surface area contributed by atoms with Crippen LogP contribution in [0.4, 0.5) is 14.5 Å². The summed E-state index contributed by atoms with van der Waals surface area (Å²) in [5, 5.41) is 12.0. The van der Waals surface area contributed by atoms with E-state index in [1.54, 1.807) is 12.5 Å². The molecule has 0 bridgehead atoms. The monoisotopic (exact) mass is 379 g/mol. The van der Waals surface area contributed by atoms with Gasteiger partial charge in [0.15, 0.2) is 0 Å². The third-order valence-electron chi connectivity index (χ3n) is 3.19. The number of H-pyrrole nitrogens is 1. The number of carbonyl (C=O) groups excluding carboxylic acids is 1. The quantitative estimate of drug-likeness (QED) is 0.408. The summed E-state index contributed by atoms with van der Waals surface area (Å²) >= 11 is 0. The van der Waals surface area contributed by atoms with Crippen LogP contribution in [0.15, 0.2) is 48.7 Å². The van der Waals surface area contributed by atoms with E-state index in [4.69, 9.17) is 5.26 Å². The van der Waals surface area contributed by atoms with Crippen LogP contribution in [-0.4, -0.2) is 11.4 Å². The summed E-state index contributed by atoms with van der Waals surface area (Å²) in [5.41, 5.74) is 2.01. The first-order chi connectivity index (χ1) is 11.5. The summed E-state index contributed by atoms with van der Waals surface area (Å²) in [6.45, 7) is 3.41. The number of rotatable bonds is 3. The van der Waals surface area contributed by atoms with Gasteiger partial charge in [-0.25, -0.2) is 11.6 Å². The number of aromatic amines is 1. The molecule has 0 spiro atoms. The molecule has 2 aromatic carbocycles. The average Bonchev–Trinajstić information content (AvgIpc) is 3.04. The van der Waals surface area contributed by atoms with Gasteiger partial charge in [0.05, 0.1) is 12.5 Å². The molecule has 0 radical (unpaired) electrons. The molecule has 0 atom stereocenters. The van der Waals surface area contributed by atoms with Crippen LogP contribution in [0.3, 0.4) is 0 Å². The Balaban J connectivity index is 0.000000240. The molecule has 1 aromatic heterocycles. The van der Waals surface area contributed by atoms with Gasteiger partial charge in [-0.2, -0.15) is 11.3 Å². The number of anilines is 1. The van der Waals surface area contributed by atoms with Crippen molar-refractivity contribution in [3.63, 3.8) is 0 Å². The first kappa shape index (κ1) is 20.1. The number of hydrogen-bond acceptors (Lipinski definition) is 2. The number of halogens is 2. The summed E-state index contributed by atoms with van der Waals surface area (Å²) in [7, 11) is 0. The molecule has 0 aliphatic carbocycles. The standard InChI is InChI=1S/C9H5F2N.C9H7N2O.Mn/c1-6-2-3-7(5-12)4-8(6)9(10)11;12-6-11-8-1-2-9-7(5-8)3-4-10-9;/h2-4H,1H2;1-5,10H,(H,11,12);/q-2;-1;+3. The maximum Gasteiger partial charge on any atom is 3.00 e. The summed E-state index contributed by atoms with van der Waals surface area (Å²) in [4.78, 5) is 13.1. The Bertz CT molecular complexity index is 887. The molecule has 126 valence electrons. The topological polar surface area (TPSA) is 68.7 Å². The number of nitrogens with zero attached hydrogens (tertiary/aromatic N) is 1. The van der Waals surface area contributed by atoms with Crippen molar-refractivity contribution in [2.24, 2.45) is 0 Å². The van der Waals surface area contributed by atoms with Gasteiger partial charge in [0.25, 0.3) is 0 Å². The molecular weight excluding hydrogens is 367 g/mol. The summed E-state index contributed by atoms with van der Waals surface area (Å²) in [6.07, 6.45) is 1.68. The van der Waals surface area contributed by atoms with Crippen LogP contribution in [0.1, 0.15) is 16.7 Å². The first-order valence-electron chi connectivity index (χ1n) is 6.80. The van der Waals surface area contributed by atoms with Crippen LogP contribution in [-0.2, 0) is 21.9 Å². The average molecular weight is 379 g/mol. The van der Waals surface area contributed by atoms with E-state index < -0.39 is 6.43 Å². The molecule has 7 heteroatoms. The van der Waals surface area contributed by atoms with E-state index in [-0.39, 0.29) is 33.8 Å². The van der Waals surface area contributed by atoms with E-state index in [9.17, 15) is 13.6 Å². The second-order valence-electron chi connectivity index (χ2n) is 4.75. The van der Waals surface area contributed by atoms with Gasteiger partial charge in [0.1, 0.15) is 6.43 Å². The Hall–Kier alpha value is -2.94. The predicted molar refractivity (Wildman–Crippen MR) is 87.8 cm³/mol. The summed E-state index contributed by atoms with van der Waals surface area (Å²) < 4.78 is 24.2. The van der Waals surface area contributed by atoms with Gasteiger partial charge in [-0.15, -0.1) is 23.9 Å². The normalized spacial score (nSPS) is 9.16. The van der Waals surface area contributed by atoms with E-state index >= 15 is 0 Å². The molecule has 4 nitrogen and oxygen atoms in total. The van der Waals surface area contributed by atoms with Gasteiger partial charge in [-0.1, -0.05) is 6.07 Å². The van der Waals surface area contributed by atoms with Crippen molar-refractivity contribution < 1.29 is 30.6 Å². The number of nitrogens with one attached hydrogen (secondary N) is 2. The predicted octanol–water partition coefficient (Wildman–Crippen LogP) is 4.16. The molecule has 3 aromatic rings. The summed E-state index contributed by atoms with van der Waals surface area (Å²) in [6, 6.07) is 13.3. The molecule has 0 fully saturated rings. The van der Waals surface area contributed by atoms with Gasteiger partial charge < -0.3 is 15.1 Å². The van der Waals surface area contributed by atoms with E-state index in [2.05, 4.69) is 17.2 Å². The largest absolute Gasteiger partial charge is 3.00 e. The van der Waals surface area contributed by atoms with Gasteiger partial charge in [-0.05, 0) is 17.0 Å². The maximum atomic E-state index is 12.1. The van der Waals surface area contributed by atoms with Crippen molar-refractivity contribution in [1.82, 2.24) is 4.98 Å². The Morgan fingerprint density at radius 3 is 2.60 bits per heavy atom. The molecule has 1 amide bonds. The number of amides is 1. The molecular formula is C18H12F2MnN3O. The third kappa shape index (κ3) is 5.28. The number of benzene rings is 2. The van der Waals surface area contributed by atoms with Crippen LogP contribution in [0.25, 0.3) is 10.9 Å². The summed E-state index contributed by atoms with van der Waals surface area (Å²) in [5.74, 6) is 0. The second-order valence-corrected chi connectivity index (χ2v) is 4.75. The molecule has 3 rings (SSSR count). The van der Waals surface area contributed by atoms with Crippen LogP contribution >= 0.6 is 0 Å². The zero-order chi connectivity index (χ0) is 17.5. The van der Waals surface area contributed by atoms with Crippen LogP contribution in [0.5, 0.6) is 0 Å². The van der Waals surface area contributed by atoms with Crippen molar-refractivity contribution in [1.29, 1.82) is 5.26 Å². The minimum Gasteiger partial charge on any atom is -0.490 e. The van der Waals surface area contributed by atoms with Gasteiger partial charge in [0.2, 0.25) is 0 Å². The zero-order valence-electron chi connectivity index (χ0n) is 12.8. The SMILES string of the molecule is O=[C-]Nc1ccc2[nH]ccc2c1.[CH2-]c1ccc(C#N)cc1[C-](F)F.[Mn+3]. The minimum absolute atomic E-state index is 0. The molecule has 1 heterocycles. The van der Waals surface area contributed by atoms with Crippen LogP contribution in [0.2, 0.25) is 0 Å². The Labute approximate surface area is 154 Å². The molecule has 0 saturated carbocycles. The molecule has 2 N–H and O–H groups in total. The van der Waals surface area contributed by atoms with Crippen LogP contribution < -0.4 is 5.32 Å². The smallest absolute Gasteiger partial charge is 0.490 e. The maximum absolute atomic E-state index is 12.1. The van der Waals surface area contributed by atoms with Crippen molar-refractivity contribution in [3.05, 3.63) is 78.7 Å². The Morgan fingerprint density at radius 2 is 1.96 bits per heavy atom. The minimum atomic E-state index is -1.81. The van der Waals surface area contributed by atoms with E-state index in [1.165, 1.54) is 12.1 Å². The fourth-order valence-corrected chi connectivity index (χ4v) is 2.01. The van der Waals surface area contributed by atoms with Crippen molar-refractivity contribution in [2.45, 2.75) is 0 Å². The van der Waals surface area contributed by atoms with Gasteiger partial charge >= 0.3 is 17.1 Å². The fraction of sp³-hybridized carbons (Fsp3) is 0.